The standard InChI is InChI=1S/C30H43NO5S/c1-2-18-30(35-21-22-36-30)19-11-17-28-29(37(32,33)27-15-7-4-8-16-27)23-26(31-28)14-9-10-20-34-24-25-12-5-3-6-13-25/h3-8,12-13,15-16,26,28-29,31H,2,9-11,14,17-24H2,1H3/t26-,28-,29?/m1/s1. The van der Waals surface area contributed by atoms with Gasteiger partial charge < -0.3 is 19.5 Å². The van der Waals surface area contributed by atoms with E-state index >= 15 is 0 Å². The zero-order valence-corrected chi connectivity index (χ0v) is 23.0. The van der Waals surface area contributed by atoms with Gasteiger partial charge in [0.05, 0.1) is 30.0 Å². The number of hydrogen-bond donors (Lipinski definition) is 1. The molecule has 1 unspecified atom stereocenters. The quantitative estimate of drug-likeness (QED) is 0.300. The van der Waals surface area contributed by atoms with E-state index in [1.807, 2.05) is 24.3 Å². The van der Waals surface area contributed by atoms with Gasteiger partial charge in [-0.2, -0.15) is 0 Å². The van der Waals surface area contributed by atoms with Crippen LogP contribution in [-0.2, 0) is 30.7 Å². The van der Waals surface area contributed by atoms with E-state index < -0.39 is 20.9 Å². The van der Waals surface area contributed by atoms with Gasteiger partial charge in [-0.05, 0) is 56.2 Å². The Labute approximate surface area is 223 Å². The highest BCUT2D eigenvalue weighted by Crippen LogP contribution is 2.34. The Morgan fingerprint density at radius 2 is 1.62 bits per heavy atom. The summed E-state index contributed by atoms with van der Waals surface area (Å²) in [7, 11) is -3.42. The van der Waals surface area contributed by atoms with Gasteiger partial charge in [-0.15, -0.1) is 0 Å². The van der Waals surface area contributed by atoms with E-state index in [0.29, 0.717) is 31.1 Å². The molecule has 0 aliphatic carbocycles. The molecule has 2 saturated heterocycles. The van der Waals surface area contributed by atoms with Crippen molar-refractivity contribution in [2.45, 2.75) is 99.3 Å². The third-order valence-electron chi connectivity index (χ3n) is 7.61. The van der Waals surface area contributed by atoms with Gasteiger partial charge in [-0.25, -0.2) is 8.42 Å². The van der Waals surface area contributed by atoms with Crippen LogP contribution in [0.4, 0.5) is 0 Å². The summed E-state index contributed by atoms with van der Waals surface area (Å²) in [6.07, 6.45) is 7.96. The highest BCUT2D eigenvalue weighted by atomic mass is 32.2. The number of hydrogen-bond acceptors (Lipinski definition) is 6. The molecule has 2 fully saturated rings. The smallest absolute Gasteiger partial charge is 0.182 e. The Hall–Kier alpha value is -1.77. The maximum atomic E-state index is 13.6. The van der Waals surface area contributed by atoms with Gasteiger partial charge in [-0.3, -0.25) is 0 Å². The second kappa shape index (κ2) is 13.9. The number of nitrogens with one attached hydrogen (secondary N) is 1. The second-order valence-corrected chi connectivity index (χ2v) is 12.6. The number of ether oxygens (including phenoxy) is 3. The topological polar surface area (TPSA) is 73.9 Å². The first-order chi connectivity index (χ1) is 18.0. The lowest BCUT2D eigenvalue weighted by atomic mass is 10.00. The maximum absolute atomic E-state index is 13.6. The van der Waals surface area contributed by atoms with E-state index in [-0.39, 0.29) is 12.1 Å². The largest absolute Gasteiger partial charge is 0.377 e. The Kier molecular flexibility index (Phi) is 10.6. The first-order valence-corrected chi connectivity index (χ1v) is 15.5. The summed E-state index contributed by atoms with van der Waals surface area (Å²) in [4.78, 5) is 0.423. The van der Waals surface area contributed by atoms with Crippen molar-refractivity contribution in [3.05, 3.63) is 66.2 Å². The van der Waals surface area contributed by atoms with Crippen LogP contribution in [0.25, 0.3) is 0 Å². The molecule has 3 atom stereocenters. The lowest BCUT2D eigenvalue weighted by Gasteiger charge is -2.28. The van der Waals surface area contributed by atoms with Crippen LogP contribution in [0.5, 0.6) is 0 Å². The number of benzene rings is 2. The molecule has 2 aromatic carbocycles. The Morgan fingerprint density at radius 3 is 2.32 bits per heavy atom. The van der Waals surface area contributed by atoms with Crippen LogP contribution in [0.15, 0.2) is 65.6 Å². The Morgan fingerprint density at radius 1 is 0.919 bits per heavy atom. The van der Waals surface area contributed by atoms with E-state index in [4.69, 9.17) is 14.2 Å². The van der Waals surface area contributed by atoms with E-state index in [1.165, 1.54) is 5.56 Å². The molecule has 4 rings (SSSR count). The fraction of sp³-hybridized carbons (Fsp3) is 0.600. The third kappa shape index (κ3) is 7.87. The molecule has 2 aliphatic heterocycles. The van der Waals surface area contributed by atoms with E-state index in [0.717, 1.165) is 58.0 Å². The number of sulfone groups is 1. The van der Waals surface area contributed by atoms with E-state index in [2.05, 4.69) is 24.4 Å². The number of unbranched alkanes of at least 4 members (excludes halogenated alkanes) is 1. The normalized spacial score (nSPS) is 23.4. The summed E-state index contributed by atoms with van der Waals surface area (Å²) >= 11 is 0. The molecule has 7 heteroatoms. The SMILES string of the molecule is CCCC1(CCC[C@H]2N[C@H](CCCCOCc3ccccc3)CC2S(=O)(=O)c2ccccc2)OCCO1. The van der Waals surface area contributed by atoms with Gasteiger partial charge in [0, 0.05) is 31.5 Å². The van der Waals surface area contributed by atoms with E-state index in [1.54, 1.807) is 24.3 Å². The van der Waals surface area contributed by atoms with Gasteiger partial charge >= 0.3 is 0 Å². The average molecular weight is 530 g/mol. The molecule has 2 aliphatic rings. The fourth-order valence-corrected chi connectivity index (χ4v) is 7.78. The molecule has 0 amide bonds. The second-order valence-electron chi connectivity index (χ2n) is 10.4. The first-order valence-electron chi connectivity index (χ1n) is 14.0. The summed E-state index contributed by atoms with van der Waals surface area (Å²) < 4.78 is 45.0. The van der Waals surface area contributed by atoms with Crippen molar-refractivity contribution in [1.29, 1.82) is 0 Å². The monoisotopic (exact) mass is 529 g/mol. The van der Waals surface area contributed by atoms with Crippen LogP contribution < -0.4 is 5.32 Å². The van der Waals surface area contributed by atoms with Crippen molar-refractivity contribution in [3.63, 3.8) is 0 Å². The molecular weight excluding hydrogens is 486 g/mol. The summed E-state index contributed by atoms with van der Waals surface area (Å²) in [6.45, 7) is 4.78. The summed E-state index contributed by atoms with van der Waals surface area (Å²) in [5.74, 6) is -0.486. The molecular formula is C30H43NO5S. The number of rotatable bonds is 15. The van der Waals surface area contributed by atoms with Crippen LogP contribution in [-0.4, -0.2) is 51.4 Å². The zero-order chi connectivity index (χ0) is 26.0. The molecule has 37 heavy (non-hydrogen) atoms. The molecule has 0 bridgehead atoms. The Balaban J connectivity index is 1.30. The molecule has 0 spiro atoms. The van der Waals surface area contributed by atoms with Gasteiger partial charge in [-0.1, -0.05) is 61.9 Å². The summed E-state index contributed by atoms with van der Waals surface area (Å²) in [6, 6.07) is 19.3. The van der Waals surface area contributed by atoms with Crippen molar-refractivity contribution in [2.75, 3.05) is 19.8 Å². The highest BCUT2D eigenvalue weighted by Gasteiger charge is 2.43. The van der Waals surface area contributed by atoms with Crippen LogP contribution in [0.2, 0.25) is 0 Å². The van der Waals surface area contributed by atoms with Crippen LogP contribution >= 0.6 is 0 Å². The van der Waals surface area contributed by atoms with Crippen molar-refractivity contribution < 1.29 is 22.6 Å². The summed E-state index contributed by atoms with van der Waals surface area (Å²) in [5, 5.41) is 3.29. The molecule has 1 N–H and O–H groups in total. The van der Waals surface area contributed by atoms with Gasteiger partial charge in [0.15, 0.2) is 15.6 Å². The first kappa shape index (κ1) is 28.2. The highest BCUT2D eigenvalue weighted by molar-refractivity contribution is 7.92. The molecule has 204 valence electrons. The van der Waals surface area contributed by atoms with Crippen molar-refractivity contribution in [1.82, 2.24) is 5.32 Å². The van der Waals surface area contributed by atoms with Gasteiger partial charge in [0.25, 0.3) is 0 Å². The molecule has 0 aromatic heterocycles. The minimum Gasteiger partial charge on any atom is -0.377 e. The average Bonchev–Trinajstić information content (AvgIpc) is 3.55. The minimum atomic E-state index is -3.42. The molecule has 2 aromatic rings. The van der Waals surface area contributed by atoms with Crippen LogP contribution in [0.1, 0.15) is 70.3 Å². The van der Waals surface area contributed by atoms with Crippen LogP contribution in [0.3, 0.4) is 0 Å². The molecule has 6 nitrogen and oxygen atoms in total. The van der Waals surface area contributed by atoms with Gasteiger partial charge in [0.2, 0.25) is 0 Å². The minimum absolute atomic E-state index is 0.0652. The fourth-order valence-electron chi connectivity index (χ4n) is 5.76. The lowest BCUT2D eigenvalue weighted by molar-refractivity contribution is -0.168. The lowest BCUT2D eigenvalue weighted by Crippen LogP contribution is -2.38. The third-order valence-corrected chi connectivity index (χ3v) is 9.85. The maximum Gasteiger partial charge on any atom is 0.182 e. The van der Waals surface area contributed by atoms with Crippen LogP contribution in [0, 0.1) is 0 Å². The van der Waals surface area contributed by atoms with E-state index in [9.17, 15) is 8.42 Å². The van der Waals surface area contributed by atoms with Crippen molar-refractivity contribution >= 4 is 9.84 Å². The molecule has 0 radical (unpaired) electrons. The van der Waals surface area contributed by atoms with Crippen molar-refractivity contribution in [2.24, 2.45) is 0 Å². The predicted molar refractivity (Wildman–Crippen MR) is 146 cm³/mol. The molecule has 0 saturated carbocycles. The van der Waals surface area contributed by atoms with Gasteiger partial charge in [0.1, 0.15) is 0 Å². The summed E-state index contributed by atoms with van der Waals surface area (Å²) in [5.41, 5.74) is 1.19. The zero-order valence-electron chi connectivity index (χ0n) is 22.1. The Bertz CT molecular complexity index is 1020. The molecule has 2 heterocycles. The predicted octanol–water partition coefficient (Wildman–Crippen LogP) is 5.66. The van der Waals surface area contributed by atoms with Crippen molar-refractivity contribution in [3.8, 4) is 0 Å².